The molecule has 4 rings (SSSR count). The predicted molar refractivity (Wildman–Crippen MR) is 127 cm³/mol. The first kappa shape index (κ1) is 30.2. The van der Waals surface area contributed by atoms with Gasteiger partial charge in [-0.2, -0.15) is 13.2 Å². The maximum absolute atomic E-state index is 15.3. The molecule has 2 fully saturated rings. The smallest absolute Gasteiger partial charge is 0.433 e. The fraction of sp³-hybridized carbons (Fsp3) is 0.417. The van der Waals surface area contributed by atoms with Gasteiger partial charge in [0, 0.05) is 31.2 Å². The van der Waals surface area contributed by atoms with Crippen LogP contribution in [0.1, 0.15) is 36.6 Å². The van der Waals surface area contributed by atoms with Gasteiger partial charge in [0.05, 0.1) is 12.2 Å². The van der Waals surface area contributed by atoms with Gasteiger partial charge in [0.2, 0.25) is 11.8 Å². The molecule has 3 atom stereocenters. The largest absolute Gasteiger partial charge is 0.456 e. The van der Waals surface area contributed by atoms with Crippen molar-refractivity contribution in [1.82, 2.24) is 15.2 Å². The summed E-state index contributed by atoms with van der Waals surface area (Å²) in [5, 5.41) is 2.06. The normalized spacial score (nSPS) is 20.2. The molecule has 2 aliphatic heterocycles. The van der Waals surface area contributed by atoms with Crippen LogP contribution in [-0.4, -0.2) is 53.2 Å². The zero-order valence-corrected chi connectivity index (χ0v) is 20.9. The Morgan fingerprint density at radius 3 is 2.41 bits per heavy atom. The fourth-order valence-electron chi connectivity index (χ4n) is 4.28. The number of urea groups is 1. The standard InChI is InChI=1S/C24H23F5N4O5.ClH/c25-17-3-1-13(38-14-2-4-19(31-11-14)24(27,28)29)9-15(17)20(30)18(26)10-16-21(34)32-23(36)33(22(16)35)12-5-7-37-8-6-12;/h1-4,9,11-12,16,18,20H,5-8,10,30H2,(H,32,34,36);1H/t16?,18-,20-;/m0./s1. The minimum absolute atomic E-state index is 0. The number of aromatic nitrogens is 1. The number of benzene rings is 1. The van der Waals surface area contributed by atoms with E-state index in [2.05, 4.69) is 10.3 Å². The molecular formula is C24H24ClF5N4O5. The number of imide groups is 2. The number of carbonyl (C=O) groups is 3. The molecule has 3 N–H and O–H groups in total. The summed E-state index contributed by atoms with van der Waals surface area (Å²) in [6, 6.07) is 1.81. The number of rotatable bonds is 7. The number of nitrogens with zero attached hydrogens (tertiary/aromatic N) is 2. The van der Waals surface area contributed by atoms with E-state index in [4.69, 9.17) is 15.2 Å². The van der Waals surface area contributed by atoms with E-state index in [-0.39, 0.29) is 29.5 Å². The molecule has 1 aromatic heterocycles. The molecule has 0 bridgehead atoms. The average Bonchev–Trinajstić information content (AvgIpc) is 2.87. The molecule has 0 saturated carbocycles. The van der Waals surface area contributed by atoms with Crippen LogP contribution in [0.5, 0.6) is 11.5 Å². The third-order valence-electron chi connectivity index (χ3n) is 6.30. The van der Waals surface area contributed by atoms with Gasteiger partial charge in [0.25, 0.3) is 0 Å². The van der Waals surface area contributed by atoms with Gasteiger partial charge >= 0.3 is 12.2 Å². The molecule has 39 heavy (non-hydrogen) atoms. The van der Waals surface area contributed by atoms with Gasteiger partial charge in [-0.15, -0.1) is 12.4 Å². The third kappa shape index (κ3) is 6.81. The number of nitrogens with one attached hydrogen (secondary N) is 1. The first-order chi connectivity index (χ1) is 18.0. The fourth-order valence-corrected chi connectivity index (χ4v) is 4.28. The molecule has 1 unspecified atom stereocenters. The number of nitrogens with two attached hydrogens (primary N) is 1. The Morgan fingerprint density at radius 1 is 1.13 bits per heavy atom. The molecular weight excluding hydrogens is 555 g/mol. The summed E-state index contributed by atoms with van der Waals surface area (Å²) in [4.78, 5) is 41.8. The lowest BCUT2D eigenvalue weighted by molar-refractivity contribution is -0.146. The summed E-state index contributed by atoms with van der Waals surface area (Å²) >= 11 is 0. The molecule has 212 valence electrons. The zero-order valence-electron chi connectivity index (χ0n) is 20.1. The number of carbonyl (C=O) groups excluding carboxylic acids is 3. The van der Waals surface area contributed by atoms with E-state index in [0.29, 0.717) is 32.1 Å². The summed E-state index contributed by atoms with van der Waals surface area (Å²) in [7, 11) is 0. The third-order valence-corrected chi connectivity index (χ3v) is 6.30. The number of hydrogen-bond donors (Lipinski definition) is 2. The van der Waals surface area contributed by atoms with Crippen LogP contribution in [0.15, 0.2) is 36.5 Å². The number of hydrogen-bond acceptors (Lipinski definition) is 7. The summed E-state index contributed by atoms with van der Waals surface area (Å²) in [6.07, 6.45) is -5.89. The van der Waals surface area contributed by atoms with Gasteiger partial charge in [0.15, 0.2) is 0 Å². The number of alkyl halides is 4. The van der Waals surface area contributed by atoms with Gasteiger partial charge in [-0.1, -0.05) is 0 Å². The van der Waals surface area contributed by atoms with Gasteiger partial charge in [-0.05, 0) is 43.2 Å². The lowest BCUT2D eigenvalue weighted by Gasteiger charge is -2.37. The van der Waals surface area contributed by atoms with Crippen molar-refractivity contribution in [2.45, 2.75) is 43.7 Å². The minimum atomic E-state index is -4.64. The van der Waals surface area contributed by atoms with Crippen molar-refractivity contribution in [2.75, 3.05) is 13.2 Å². The topological polar surface area (TPSA) is 124 Å². The summed E-state index contributed by atoms with van der Waals surface area (Å²) in [5.41, 5.74) is 4.45. The number of amides is 4. The molecule has 3 heterocycles. The quantitative estimate of drug-likeness (QED) is 0.375. The van der Waals surface area contributed by atoms with E-state index < -0.39 is 66.1 Å². The van der Waals surface area contributed by atoms with Crippen molar-refractivity contribution in [1.29, 1.82) is 0 Å². The lowest BCUT2D eigenvalue weighted by atomic mass is 9.91. The lowest BCUT2D eigenvalue weighted by Crippen LogP contribution is -2.62. The maximum Gasteiger partial charge on any atom is 0.433 e. The summed E-state index contributed by atoms with van der Waals surface area (Å²) in [5.74, 6) is -4.47. The molecule has 2 saturated heterocycles. The van der Waals surface area contributed by atoms with E-state index in [1.165, 1.54) is 0 Å². The van der Waals surface area contributed by atoms with Gasteiger partial charge < -0.3 is 15.2 Å². The van der Waals surface area contributed by atoms with Crippen LogP contribution in [0.4, 0.5) is 26.7 Å². The van der Waals surface area contributed by atoms with Crippen LogP contribution < -0.4 is 15.8 Å². The maximum atomic E-state index is 15.3. The van der Waals surface area contributed by atoms with E-state index in [1.807, 2.05) is 0 Å². The van der Waals surface area contributed by atoms with Crippen molar-refractivity contribution in [3.05, 3.63) is 53.6 Å². The van der Waals surface area contributed by atoms with Gasteiger partial charge in [0.1, 0.15) is 35.1 Å². The van der Waals surface area contributed by atoms with Crippen molar-refractivity contribution in [3.63, 3.8) is 0 Å². The van der Waals surface area contributed by atoms with E-state index >= 15 is 4.39 Å². The Kier molecular flexibility index (Phi) is 9.46. The molecule has 15 heteroatoms. The van der Waals surface area contributed by atoms with Crippen molar-refractivity contribution < 1.29 is 45.8 Å². The molecule has 2 aliphatic rings. The highest BCUT2D eigenvalue weighted by molar-refractivity contribution is 6.16. The van der Waals surface area contributed by atoms with Crippen LogP contribution in [0.2, 0.25) is 0 Å². The average molecular weight is 579 g/mol. The number of ether oxygens (including phenoxy) is 2. The van der Waals surface area contributed by atoms with E-state index in [9.17, 15) is 31.9 Å². The predicted octanol–water partition coefficient (Wildman–Crippen LogP) is 4.06. The van der Waals surface area contributed by atoms with Crippen LogP contribution in [-0.2, 0) is 20.5 Å². The summed E-state index contributed by atoms with van der Waals surface area (Å²) in [6.45, 7) is 0.633. The first-order valence-corrected chi connectivity index (χ1v) is 11.6. The minimum Gasteiger partial charge on any atom is -0.456 e. The first-order valence-electron chi connectivity index (χ1n) is 11.6. The SMILES string of the molecule is Cl.N[C@@H](c1cc(Oc2ccc(C(F)(F)F)nc2)ccc1F)[C@@H](F)CC1C(=O)NC(=O)N(C2CCOCC2)C1=O. The summed E-state index contributed by atoms with van der Waals surface area (Å²) < 4.78 is 78.5. The highest BCUT2D eigenvalue weighted by atomic mass is 35.5. The highest BCUT2D eigenvalue weighted by Crippen LogP contribution is 2.33. The number of halogens is 6. The van der Waals surface area contributed by atoms with Crippen LogP contribution in [0, 0.1) is 11.7 Å². The second kappa shape index (κ2) is 12.2. The second-order valence-corrected chi connectivity index (χ2v) is 8.84. The monoisotopic (exact) mass is 578 g/mol. The van der Waals surface area contributed by atoms with Crippen molar-refractivity contribution >= 4 is 30.3 Å². The molecule has 2 aromatic rings. The zero-order chi connectivity index (χ0) is 27.6. The van der Waals surface area contributed by atoms with Crippen LogP contribution >= 0.6 is 12.4 Å². The Morgan fingerprint density at radius 2 is 1.79 bits per heavy atom. The number of pyridine rings is 1. The van der Waals surface area contributed by atoms with Gasteiger partial charge in [-0.3, -0.25) is 19.8 Å². The van der Waals surface area contributed by atoms with E-state index in [1.54, 1.807) is 0 Å². The van der Waals surface area contributed by atoms with E-state index in [0.717, 1.165) is 35.4 Å². The van der Waals surface area contributed by atoms with Crippen LogP contribution in [0.3, 0.4) is 0 Å². The Balaban J connectivity index is 0.00000420. The van der Waals surface area contributed by atoms with Gasteiger partial charge in [-0.25, -0.2) is 18.6 Å². The Bertz CT molecular complexity index is 1210. The molecule has 1 aromatic carbocycles. The van der Waals surface area contributed by atoms with Crippen molar-refractivity contribution in [3.8, 4) is 11.5 Å². The van der Waals surface area contributed by atoms with Crippen LogP contribution in [0.25, 0.3) is 0 Å². The molecule has 0 radical (unpaired) electrons. The molecule has 4 amide bonds. The Labute approximate surface area is 225 Å². The molecule has 0 aliphatic carbocycles. The molecule has 9 nitrogen and oxygen atoms in total. The number of barbiturate groups is 1. The molecule has 0 spiro atoms. The second-order valence-electron chi connectivity index (χ2n) is 8.84. The van der Waals surface area contributed by atoms with Crippen molar-refractivity contribution in [2.24, 2.45) is 11.7 Å². The Hall–Kier alpha value is -3.36. The highest BCUT2D eigenvalue weighted by Gasteiger charge is 2.45.